The van der Waals surface area contributed by atoms with Crippen LogP contribution in [-0.2, 0) is 6.18 Å². The first kappa shape index (κ1) is 15.2. The number of hydrogen-bond acceptors (Lipinski definition) is 4. The lowest BCUT2D eigenvalue weighted by molar-refractivity contribution is -0.137. The van der Waals surface area contributed by atoms with Crippen molar-refractivity contribution in [3.63, 3.8) is 0 Å². The highest BCUT2D eigenvalue weighted by Crippen LogP contribution is 2.32. The van der Waals surface area contributed by atoms with Gasteiger partial charge in [-0.15, -0.1) is 10.2 Å². The summed E-state index contributed by atoms with van der Waals surface area (Å²) in [7, 11) is 0. The van der Waals surface area contributed by atoms with Crippen molar-refractivity contribution in [3.05, 3.63) is 71.6 Å². The van der Waals surface area contributed by atoms with Gasteiger partial charge in [-0.25, -0.2) is 0 Å². The highest BCUT2D eigenvalue weighted by atomic mass is 19.4. The summed E-state index contributed by atoms with van der Waals surface area (Å²) in [5.74, 6) is 0.0230. The fraction of sp³-hybridized carbons (Fsp3) is 0.125. The average Bonchev–Trinajstić information content (AvgIpc) is 3.04. The van der Waals surface area contributed by atoms with Crippen molar-refractivity contribution in [1.29, 1.82) is 0 Å². The first-order chi connectivity index (χ1) is 10.9. The van der Waals surface area contributed by atoms with Gasteiger partial charge in [-0.2, -0.15) is 13.2 Å². The minimum Gasteiger partial charge on any atom is -0.417 e. The second kappa shape index (κ2) is 5.85. The van der Waals surface area contributed by atoms with Gasteiger partial charge in [0, 0.05) is 5.56 Å². The van der Waals surface area contributed by atoms with Crippen molar-refractivity contribution in [1.82, 2.24) is 10.2 Å². The molecule has 1 N–H and O–H groups in total. The lowest BCUT2D eigenvalue weighted by Gasteiger charge is -2.10. The first-order valence-corrected chi connectivity index (χ1v) is 6.69. The molecule has 0 spiro atoms. The molecule has 3 rings (SSSR count). The first-order valence-electron chi connectivity index (χ1n) is 6.69. The monoisotopic (exact) mass is 320 g/mol. The predicted octanol–water partition coefficient (Wildman–Crippen LogP) is 3.84. The maximum Gasteiger partial charge on any atom is 0.416 e. The molecule has 2 aromatic carbocycles. The van der Waals surface area contributed by atoms with Gasteiger partial charge in [-0.1, -0.05) is 30.3 Å². The van der Waals surface area contributed by atoms with Gasteiger partial charge in [0.05, 0.1) is 5.56 Å². The molecule has 1 atom stereocenters. The van der Waals surface area contributed by atoms with Crippen LogP contribution in [0.2, 0.25) is 0 Å². The molecular formula is C16H11F3N2O2. The van der Waals surface area contributed by atoms with Crippen LogP contribution < -0.4 is 0 Å². The molecule has 1 heterocycles. The number of alkyl halides is 3. The van der Waals surface area contributed by atoms with Crippen molar-refractivity contribution in [2.75, 3.05) is 0 Å². The lowest BCUT2D eigenvalue weighted by Crippen LogP contribution is -2.07. The van der Waals surface area contributed by atoms with Crippen molar-refractivity contribution in [2.24, 2.45) is 0 Å². The second-order valence-corrected chi connectivity index (χ2v) is 4.84. The summed E-state index contributed by atoms with van der Waals surface area (Å²) in [5, 5.41) is 17.7. The van der Waals surface area contributed by atoms with Gasteiger partial charge < -0.3 is 9.52 Å². The minimum absolute atomic E-state index is 0.0306. The Morgan fingerprint density at radius 2 is 1.70 bits per heavy atom. The van der Waals surface area contributed by atoms with E-state index in [1.165, 1.54) is 12.1 Å². The van der Waals surface area contributed by atoms with Crippen LogP contribution in [0.25, 0.3) is 11.5 Å². The summed E-state index contributed by atoms with van der Waals surface area (Å²) < 4.78 is 43.5. The molecule has 7 heteroatoms. The third kappa shape index (κ3) is 3.24. The predicted molar refractivity (Wildman–Crippen MR) is 75.2 cm³/mol. The maximum absolute atomic E-state index is 12.7. The molecule has 0 amide bonds. The third-order valence-corrected chi connectivity index (χ3v) is 3.22. The standard InChI is InChI=1S/C16H11F3N2O2/c17-16(18,19)12-8-4-7-11(9-12)13(22)15-21-20-14(23-15)10-5-2-1-3-6-10/h1-9,13,22H. The number of hydrogen-bond donors (Lipinski definition) is 1. The van der Waals surface area contributed by atoms with Gasteiger partial charge in [-0.3, -0.25) is 0 Å². The zero-order chi connectivity index (χ0) is 16.4. The van der Waals surface area contributed by atoms with Crippen LogP contribution in [0.3, 0.4) is 0 Å². The molecule has 0 fully saturated rings. The van der Waals surface area contributed by atoms with Crippen molar-refractivity contribution in [3.8, 4) is 11.5 Å². The molecule has 0 aliphatic heterocycles. The number of aliphatic hydroxyl groups is 1. The molecule has 0 radical (unpaired) electrons. The normalized spacial score (nSPS) is 13.0. The van der Waals surface area contributed by atoms with Crippen molar-refractivity contribution < 1.29 is 22.7 Å². The van der Waals surface area contributed by atoms with Crippen molar-refractivity contribution in [2.45, 2.75) is 12.3 Å². The average molecular weight is 320 g/mol. The third-order valence-electron chi connectivity index (χ3n) is 3.22. The molecule has 0 aliphatic carbocycles. The summed E-state index contributed by atoms with van der Waals surface area (Å²) in [6.45, 7) is 0. The number of benzene rings is 2. The zero-order valence-electron chi connectivity index (χ0n) is 11.7. The Labute approximate surface area is 129 Å². The molecule has 0 bridgehead atoms. The smallest absolute Gasteiger partial charge is 0.416 e. The Morgan fingerprint density at radius 1 is 0.957 bits per heavy atom. The number of halogens is 3. The van der Waals surface area contributed by atoms with E-state index in [0.717, 1.165) is 12.1 Å². The fourth-order valence-corrected chi connectivity index (χ4v) is 2.07. The van der Waals surface area contributed by atoms with Crippen LogP contribution in [0.15, 0.2) is 59.0 Å². The SMILES string of the molecule is OC(c1cccc(C(F)(F)F)c1)c1nnc(-c2ccccc2)o1. The minimum atomic E-state index is -4.49. The highest BCUT2D eigenvalue weighted by Gasteiger charge is 2.31. The quantitative estimate of drug-likeness (QED) is 0.796. The summed E-state index contributed by atoms with van der Waals surface area (Å²) in [5.41, 5.74) is -0.164. The van der Waals surface area contributed by atoms with E-state index in [1.807, 2.05) is 6.07 Å². The Bertz CT molecular complexity index is 800. The lowest BCUT2D eigenvalue weighted by atomic mass is 10.1. The van der Waals surface area contributed by atoms with Crippen molar-refractivity contribution >= 4 is 0 Å². The molecule has 0 aliphatic rings. The molecular weight excluding hydrogens is 309 g/mol. The number of rotatable bonds is 3. The van der Waals surface area contributed by atoms with E-state index < -0.39 is 17.8 Å². The molecule has 4 nitrogen and oxygen atoms in total. The topological polar surface area (TPSA) is 59.2 Å². The van der Waals surface area contributed by atoms with Crippen LogP contribution in [-0.4, -0.2) is 15.3 Å². The van der Waals surface area contributed by atoms with Crippen LogP contribution in [0, 0.1) is 0 Å². The van der Waals surface area contributed by atoms with Gasteiger partial charge in [0.1, 0.15) is 0 Å². The second-order valence-electron chi connectivity index (χ2n) is 4.84. The molecule has 0 saturated carbocycles. The maximum atomic E-state index is 12.7. The van der Waals surface area contributed by atoms with Crippen LogP contribution in [0.4, 0.5) is 13.2 Å². The van der Waals surface area contributed by atoms with E-state index in [-0.39, 0.29) is 17.3 Å². The van der Waals surface area contributed by atoms with Gasteiger partial charge in [-0.05, 0) is 29.8 Å². The summed E-state index contributed by atoms with van der Waals surface area (Å²) in [6.07, 6.45) is -5.91. The van der Waals surface area contributed by atoms with E-state index in [0.29, 0.717) is 5.56 Å². The van der Waals surface area contributed by atoms with E-state index in [2.05, 4.69) is 10.2 Å². The fourth-order valence-electron chi connectivity index (χ4n) is 2.07. The molecule has 23 heavy (non-hydrogen) atoms. The number of aliphatic hydroxyl groups excluding tert-OH is 1. The van der Waals surface area contributed by atoms with Gasteiger partial charge in [0.15, 0.2) is 6.10 Å². The number of aromatic nitrogens is 2. The summed E-state index contributed by atoms with van der Waals surface area (Å²) >= 11 is 0. The molecule has 0 saturated heterocycles. The highest BCUT2D eigenvalue weighted by molar-refractivity contribution is 5.51. The van der Waals surface area contributed by atoms with Gasteiger partial charge in [0.2, 0.25) is 11.8 Å². The Balaban J connectivity index is 1.90. The van der Waals surface area contributed by atoms with E-state index in [9.17, 15) is 18.3 Å². The van der Waals surface area contributed by atoms with Crippen LogP contribution in [0.5, 0.6) is 0 Å². The largest absolute Gasteiger partial charge is 0.417 e. The van der Waals surface area contributed by atoms with E-state index in [4.69, 9.17) is 4.42 Å². The van der Waals surface area contributed by atoms with Crippen LogP contribution in [0.1, 0.15) is 23.1 Å². The molecule has 1 unspecified atom stereocenters. The number of nitrogens with zero attached hydrogens (tertiary/aromatic N) is 2. The van der Waals surface area contributed by atoms with Crippen LogP contribution >= 0.6 is 0 Å². The molecule has 118 valence electrons. The Kier molecular flexibility index (Phi) is 3.87. The summed E-state index contributed by atoms with van der Waals surface area (Å²) in [4.78, 5) is 0. The van der Waals surface area contributed by atoms with Gasteiger partial charge >= 0.3 is 6.18 Å². The summed E-state index contributed by atoms with van der Waals surface area (Å²) in [6, 6.07) is 13.2. The zero-order valence-corrected chi connectivity index (χ0v) is 11.7. The van der Waals surface area contributed by atoms with Gasteiger partial charge in [0.25, 0.3) is 0 Å². The Hall–Kier alpha value is -2.67. The molecule has 3 aromatic rings. The van der Waals surface area contributed by atoms with E-state index >= 15 is 0 Å². The van der Waals surface area contributed by atoms with E-state index in [1.54, 1.807) is 24.3 Å². The molecule has 1 aromatic heterocycles. The Morgan fingerprint density at radius 3 is 2.39 bits per heavy atom.